The summed E-state index contributed by atoms with van der Waals surface area (Å²) in [6.45, 7) is 1.86. The van der Waals surface area contributed by atoms with E-state index in [-0.39, 0.29) is 0 Å². The summed E-state index contributed by atoms with van der Waals surface area (Å²) in [6.07, 6.45) is 1.70. The molecule has 0 atom stereocenters. The zero-order chi connectivity index (χ0) is 11.8. The van der Waals surface area contributed by atoms with Crippen LogP contribution in [-0.4, -0.2) is 19.5 Å². The monoisotopic (exact) mass is 265 g/mol. The topological polar surface area (TPSA) is 90.7 Å². The molecule has 0 aliphatic heterocycles. The average Bonchev–Trinajstić information content (AvgIpc) is 2.98. The van der Waals surface area contributed by atoms with Crippen LogP contribution in [0.5, 0.6) is 0 Å². The summed E-state index contributed by atoms with van der Waals surface area (Å²) in [5, 5.41) is 4.49. The maximum Gasteiger partial charge on any atom is 0.263 e. The lowest BCUT2D eigenvalue weighted by molar-refractivity contribution is 0.432. The Morgan fingerprint density at radius 1 is 1.41 bits per heavy atom. The predicted octanol–water partition coefficient (Wildman–Crippen LogP) is 2.21. The van der Waals surface area contributed by atoms with E-state index in [1.54, 1.807) is 11.7 Å². The maximum atomic E-state index is 5.82. The van der Waals surface area contributed by atoms with Crippen molar-refractivity contribution >= 4 is 27.9 Å². The summed E-state index contributed by atoms with van der Waals surface area (Å²) in [7, 11) is 0. The Balaban J connectivity index is 2.07. The third-order valence-corrected chi connectivity index (χ3v) is 3.72. The summed E-state index contributed by atoms with van der Waals surface area (Å²) in [4.78, 5) is 9.12. The first-order chi connectivity index (χ1) is 8.25. The second kappa shape index (κ2) is 3.90. The van der Waals surface area contributed by atoms with Gasteiger partial charge in [-0.15, -0.1) is 11.3 Å². The zero-order valence-corrected chi connectivity index (χ0v) is 10.4. The van der Waals surface area contributed by atoms with E-state index in [1.807, 2.05) is 6.92 Å². The van der Waals surface area contributed by atoms with Crippen molar-refractivity contribution < 1.29 is 4.52 Å². The Morgan fingerprint density at radius 3 is 2.94 bits per heavy atom. The number of rotatable bonds is 2. The van der Waals surface area contributed by atoms with Gasteiger partial charge in [-0.05, 0) is 18.5 Å². The van der Waals surface area contributed by atoms with E-state index < -0.39 is 0 Å². The third kappa shape index (κ3) is 1.71. The summed E-state index contributed by atoms with van der Waals surface area (Å²) in [6, 6.07) is 0. The number of anilines is 1. The molecule has 86 valence electrons. The van der Waals surface area contributed by atoms with Crippen molar-refractivity contribution in [2.24, 2.45) is 0 Å². The van der Waals surface area contributed by atoms with Gasteiger partial charge in [-0.1, -0.05) is 5.16 Å². The second-order valence-corrected chi connectivity index (χ2v) is 4.99. The molecule has 0 unspecified atom stereocenters. The van der Waals surface area contributed by atoms with Crippen molar-refractivity contribution in [3.63, 3.8) is 0 Å². The second-order valence-electron chi connectivity index (χ2n) is 3.30. The van der Waals surface area contributed by atoms with Crippen molar-refractivity contribution in [2.75, 3.05) is 5.73 Å². The van der Waals surface area contributed by atoms with Gasteiger partial charge in [-0.2, -0.15) is 9.36 Å². The molecule has 3 aromatic heterocycles. The van der Waals surface area contributed by atoms with E-state index in [9.17, 15) is 0 Å². The average molecular weight is 265 g/mol. The fourth-order valence-corrected chi connectivity index (χ4v) is 2.60. The molecule has 0 bridgehead atoms. The summed E-state index contributed by atoms with van der Waals surface area (Å²) < 4.78 is 9.34. The van der Waals surface area contributed by atoms with Gasteiger partial charge in [-0.25, -0.2) is 0 Å². The number of hydrogen-bond donors (Lipinski definition) is 1. The predicted molar refractivity (Wildman–Crippen MR) is 65.7 cm³/mol. The highest BCUT2D eigenvalue weighted by atomic mass is 32.1. The van der Waals surface area contributed by atoms with Crippen molar-refractivity contribution in [3.8, 4) is 22.2 Å². The Labute approximate surface area is 104 Å². The van der Waals surface area contributed by atoms with Crippen LogP contribution in [0.2, 0.25) is 0 Å². The van der Waals surface area contributed by atoms with Crippen molar-refractivity contribution in [1.82, 2.24) is 19.5 Å². The number of nitrogens with zero attached hydrogens (tertiary/aromatic N) is 4. The minimum absolute atomic E-state index is 0.400. The van der Waals surface area contributed by atoms with E-state index in [4.69, 9.17) is 10.3 Å². The van der Waals surface area contributed by atoms with Crippen LogP contribution in [-0.2, 0) is 0 Å². The number of aryl methyl sites for hydroxylation is 1. The molecule has 8 heteroatoms. The molecule has 0 fully saturated rings. The van der Waals surface area contributed by atoms with Crippen LogP contribution in [0.1, 0.15) is 5.69 Å². The van der Waals surface area contributed by atoms with Crippen LogP contribution in [0.25, 0.3) is 22.2 Å². The summed E-state index contributed by atoms with van der Waals surface area (Å²) in [5.74, 6) is 0.921. The van der Waals surface area contributed by atoms with Crippen LogP contribution < -0.4 is 5.73 Å². The van der Waals surface area contributed by atoms with Crippen molar-refractivity contribution in [1.29, 1.82) is 0 Å². The van der Waals surface area contributed by atoms with E-state index in [2.05, 4.69) is 19.5 Å². The van der Waals surface area contributed by atoms with Gasteiger partial charge in [0, 0.05) is 6.20 Å². The van der Waals surface area contributed by atoms with Crippen LogP contribution in [0.15, 0.2) is 16.2 Å². The molecule has 6 nitrogen and oxygen atoms in total. The molecule has 0 radical (unpaired) electrons. The molecule has 2 N–H and O–H groups in total. The quantitative estimate of drug-likeness (QED) is 0.763. The van der Waals surface area contributed by atoms with E-state index in [0.29, 0.717) is 16.7 Å². The highest BCUT2D eigenvalue weighted by Gasteiger charge is 2.18. The van der Waals surface area contributed by atoms with E-state index in [1.165, 1.54) is 22.9 Å². The molecule has 0 spiro atoms. The third-order valence-electron chi connectivity index (χ3n) is 2.18. The first-order valence-corrected chi connectivity index (χ1v) is 6.35. The zero-order valence-electron chi connectivity index (χ0n) is 8.75. The van der Waals surface area contributed by atoms with Gasteiger partial charge in [0.05, 0.1) is 21.6 Å². The van der Waals surface area contributed by atoms with Gasteiger partial charge in [0.1, 0.15) is 5.00 Å². The lowest BCUT2D eigenvalue weighted by Gasteiger charge is -1.91. The molecular weight excluding hydrogens is 258 g/mol. The molecule has 0 saturated heterocycles. The van der Waals surface area contributed by atoms with Crippen LogP contribution >= 0.6 is 22.9 Å². The standard InChI is InChI=1S/C9H7N5OS2/c1-4-6(7(10)17-14-4)9-12-8(13-15-9)5-2-11-3-16-5/h2-3H,10H2,1H3. The smallest absolute Gasteiger partial charge is 0.263 e. The van der Waals surface area contributed by atoms with Crippen LogP contribution in [0.4, 0.5) is 5.00 Å². The molecule has 0 amide bonds. The first-order valence-electron chi connectivity index (χ1n) is 4.70. The number of nitrogen functional groups attached to an aromatic ring is 1. The maximum absolute atomic E-state index is 5.82. The van der Waals surface area contributed by atoms with Gasteiger partial charge in [0.2, 0.25) is 5.82 Å². The summed E-state index contributed by atoms with van der Waals surface area (Å²) >= 11 is 2.68. The highest BCUT2D eigenvalue weighted by molar-refractivity contribution is 7.13. The Kier molecular flexibility index (Phi) is 2.37. The fraction of sp³-hybridized carbons (Fsp3) is 0.111. The molecule has 3 rings (SSSR count). The van der Waals surface area contributed by atoms with E-state index in [0.717, 1.165) is 16.1 Å². The fourth-order valence-electron chi connectivity index (χ4n) is 1.40. The Morgan fingerprint density at radius 2 is 2.29 bits per heavy atom. The molecule has 0 aliphatic carbocycles. The Hall–Kier alpha value is -1.80. The lowest BCUT2D eigenvalue weighted by atomic mass is 10.2. The van der Waals surface area contributed by atoms with Gasteiger partial charge >= 0.3 is 0 Å². The minimum Gasteiger partial charge on any atom is -0.389 e. The van der Waals surface area contributed by atoms with Gasteiger partial charge in [0.25, 0.3) is 5.89 Å². The molecule has 0 aromatic carbocycles. The van der Waals surface area contributed by atoms with Crippen molar-refractivity contribution in [2.45, 2.75) is 6.92 Å². The molecule has 0 aliphatic rings. The number of nitrogens with two attached hydrogens (primary N) is 1. The molecule has 0 saturated carbocycles. The summed E-state index contributed by atoms with van der Waals surface area (Å²) in [5.41, 5.74) is 9.06. The first kappa shape index (κ1) is 10.4. The van der Waals surface area contributed by atoms with Crippen molar-refractivity contribution in [3.05, 3.63) is 17.4 Å². The van der Waals surface area contributed by atoms with Gasteiger partial charge in [-0.3, -0.25) is 4.98 Å². The number of thiazole rings is 1. The molecule has 3 aromatic rings. The highest BCUT2D eigenvalue weighted by Crippen LogP contribution is 2.32. The van der Waals surface area contributed by atoms with Gasteiger partial charge < -0.3 is 10.3 Å². The Bertz CT molecular complexity index is 623. The molecule has 3 heterocycles. The number of aromatic nitrogens is 4. The largest absolute Gasteiger partial charge is 0.389 e. The van der Waals surface area contributed by atoms with Crippen LogP contribution in [0, 0.1) is 6.92 Å². The lowest BCUT2D eigenvalue weighted by Crippen LogP contribution is -1.86. The SMILES string of the molecule is Cc1nsc(N)c1-c1nc(-c2cncs2)no1. The minimum atomic E-state index is 0.400. The van der Waals surface area contributed by atoms with Gasteiger partial charge in [0.15, 0.2) is 0 Å². The van der Waals surface area contributed by atoms with Crippen LogP contribution in [0.3, 0.4) is 0 Å². The molecule has 17 heavy (non-hydrogen) atoms. The van der Waals surface area contributed by atoms with E-state index >= 15 is 0 Å². The molecular formula is C9H7N5OS2. The normalized spacial score (nSPS) is 10.9. The number of hydrogen-bond acceptors (Lipinski definition) is 8.